The average molecular weight is 852 g/mol. The zero-order valence-corrected chi connectivity index (χ0v) is 31.5. The molecule has 5 aromatic rings. The van der Waals surface area contributed by atoms with Gasteiger partial charge in [-0.05, 0) is 95.6 Å². The topological polar surface area (TPSA) is 88.4 Å². The molecule has 6 rings (SSSR count). The molecule has 0 fully saturated rings. The van der Waals surface area contributed by atoms with E-state index in [1.165, 1.54) is 11.3 Å². The lowest BCUT2D eigenvalue weighted by molar-refractivity contribution is -0.138. The number of methoxy groups -OCH3 is 1. The molecule has 0 saturated carbocycles. The summed E-state index contributed by atoms with van der Waals surface area (Å²) >= 11 is 6.95. The van der Waals surface area contributed by atoms with Gasteiger partial charge in [-0.3, -0.25) is 9.36 Å². The van der Waals surface area contributed by atoms with Crippen LogP contribution in [0.25, 0.3) is 11.8 Å². The van der Waals surface area contributed by atoms with Gasteiger partial charge in [0.1, 0.15) is 12.4 Å². The zero-order chi connectivity index (χ0) is 34.5. The fourth-order valence-electron chi connectivity index (χ4n) is 5.52. The van der Waals surface area contributed by atoms with Crippen molar-refractivity contribution >= 4 is 67.6 Å². The second kappa shape index (κ2) is 15.6. The Hall–Kier alpha value is -4.20. The van der Waals surface area contributed by atoms with Crippen molar-refractivity contribution in [1.29, 1.82) is 0 Å². The molecule has 0 spiro atoms. The fourth-order valence-corrected chi connectivity index (χ4v) is 7.57. The third-order valence-electron chi connectivity index (χ3n) is 7.73. The van der Waals surface area contributed by atoms with Gasteiger partial charge < -0.3 is 18.9 Å². The lowest BCUT2D eigenvalue weighted by atomic mass is 9.93. The van der Waals surface area contributed by atoms with Gasteiger partial charge in [0, 0.05) is 10.0 Å². The number of hydrogen-bond acceptors (Lipinski definition) is 8. The summed E-state index contributed by atoms with van der Waals surface area (Å²) in [6, 6.07) is 27.9. The monoisotopic (exact) mass is 850 g/mol. The normalized spacial score (nSPS) is 14.2. The molecular weight excluding hydrogens is 819 g/mol. The first-order chi connectivity index (χ1) is 23.8. The number of rotatable bonds is 11. The molecule has 0 radical (unpaired) electrons. The van der Waals surface area contributed by atoms with Gasteiger partial charge >= 0.3 is 5.97 Å². The molecular formula is C38H32BrIN2O6S. The average Bonchev–Trinajstić information content (AvgIpc) is 3.42. The molecule has 1 aromatic heterocycles. The number of nitrogens with zero attached hydrogens (tertiary/aromatic N) is 2. The molecule has 11 heteroatoms. The Morgan fingerprint density at radius 2 is 1.71 bits per heavy atom. The standard InChI is InChI=1S/C38H32BrIN2O6S/c1-4-46-28-17-13-26(14-18-28)34-32(37(44)47-5-2)33(25-9-7-6-8-10-25)41-38-42(34)36(43)31(49-38)21-24-19-29(40)35(30(20-24)45-3)48-22-23-11-15-27(39)16-12-23/h6-21,34H,4-5,22H2,1-3H3/b31-21-/t34-/m0/s1. The molecule has 1 aliphatic rings. The second-order valence-electron chi connectivity index (χ2n) is 10.9. The highest BCUT2D eigenvalue weighted by atomic mass is 127. The van der Waals surface area contributed by atoms with E-state index in [1.54, 1.807) is 18.6 Å². The summed E-state index contributed by atoms with van der Waals surface area (Å²) in [4.78, 5) is 33.5. The van der Waals surface area contributed by atoms with E-state index in [0.29, 0.717) is 51.1 Å². The number of thiazole rings is 1. The third kappa shape index (κ3) is 7.53. The van der Waals surface area contributed by atoms with Gasteiger partial charge in [0.15, 0.2) is 16.3 Å². The van der Waals surface area contributed by atoms with Gasteiger partial charge in [-0.25, -0.2) is 9.79 Å². The van der Waals surface area contributed by atoms with Crippen molar-refractivity contribution in [1.82, 2.24) is 4.57 Å². The summed E-state index contributed by atoms with van der Waals surface area (Å²) in [6.07, 6.45) is 1.82. The van der Waals surface area contributed by atoms with E-state index < -0.39 is 12.0 Å². The lowest BCUT2D eigenvalue weighted by Gasteiger charge is -2.26. The summed E-state index contributed by atoms with van der Waals surface area (Å²) < 4.78 is 27.0. The van der Waals surface area contributed by atoms with Crippen LogP contribution in [0, 0.1) is 3.57 Å². The molecule has 250 valence electrons. The van der Waals surface area contributed by atoms with Crippen molar-refractivity contribution in [2.45, 2.75) is 26.5 Å². The van der Waals surface area contributed by atoms with Crippen LogP contribution < -0.4 is 29.1 Å². The molecule has 8 nitrogen and oxygen atoms in total. The van der Waals surface area contributed by atoms with Crippen LogP contribution in [0.15, 0.2) is 111 Å². The Kier molecular flexibility index (Phi) is 11.0. The zero-order valence-electron chi connectivity index (χ0n) is 26.9. The largest absolute Gasteiger partial charge is 0.494 e. The minimum absolute atomic E-state index is 0.175. The van der Waals surface area contributed by atoms with E-state index in [2.05, 4.69) is 38.5 Å². The predicted molar refractivity (Wildman–Crippen MR) is 203 cm³/mol. The molecule has 0 aliphatic carbocycles. The summed E-state index contributed by atoms with van der Waals surface area (Å²) in [7, 11) is 1.59. The summed E-state index contributed by atoms with van der Waals surface area (Å²) in [5, 5.41) is 0. The lowest BCUT2D eigenvalue weighted by Crippen LogP contribution is -2.40. The molecule has 4 aromatic carbocycles. The molecule has 2 heterocycles. The Bertz CT molecular complexity index is 2200. The minimum atomic E-state index is -0.785. The van der Waals surface area contributed by atoms with E-state index in [4.69, 9.17) is 23.9 Å². The van der Waals surface area contributed by atoms with Gasteiger partial charge in [-0.15, -0.1) is 0 Å². The summed E-state index contributed by atoms with van der Waals surface area (Å²) in [6.45, 7) is 4.74. The first-order valence-electron chi connectivity index (χ1n) is 15.6. The number of esters is 1. The van der Waals surface area contributed by atoms with Crippen molar-refractivity contribution in [2.24, 2.45) is 4.99 Å². The molecule has 0 unspecified atom stereocenters. The maximum atomic E-state index is 14.4. The van der Waals surface area contributed by atoms with Crippen LogP contribution >= 0.6 is 49.9 Å². The molecule has 1 atom stereocenters. The first kappa shape index (κ1) is 34.7. The quantitative estimate of drug-likeness (QED) is 0.103. The first-order valence-corrected chi connectivity index (χ1v) is 18.3. The summed E-state index contributed by atoms with van der Waals surface area (Å²) in [5.74, 6) is 1.32. The molecule has 49 heavy (non-hydrogen) atoms. The van der Waals surface area contributed by atoms with Crippen molar-refractivity contribution < 1.29 is 23.7 Å². The molecule has 1 aliphatic heterocycles. The maximum absolute atomic E-state index is 14.4. The van der Waals surface area contributed by atoms with Crippen LogP contribution in [0.2, 0.25) is 0 Å². The van der Waals surface area contributed by atoms with Gasteiger partial charge in [0.2, 0.25) is 0 Å². The fraction of sp³-hybridized carbons (Fsp3) is 0.184. The van der Waals surface area contributed by atoms with E-state index in [0.717, 1.165) is 30.3 Å². The Balaban J connectivity index is 1.48. The molecule has 0 saturated heterocycles. The van der Waals surface area contributed by atoms with E-state index in [9.17, 15) is 9.59 Å². The SMILES string of the molecule is CCOC(=O)C1=C(c2ccccc2)N=c2s/c(=C\c3cc(I)c(OCc4ccc(Br)cc4)c(OC)c3)c(=O)n2[C@H]1c1ccc(OCC)cc1. The highest BCUT2D eigenvalue weighted by molar-refractivity contribution is 14.1. The number of halogens is 2. The van der Waals surface area contributed by atoms with Gasteiger partial charge in [0.05, 0.1) is 45.7 Å². The van der Waals surface area contributed by atoms with Crippen LogP contribution in [-0.2, 0) is 16.1 Å². The van der Waals surface area contributed by atoms with Crippen molar-refractivity contribution in [3.05, 3.63) is 147 Å². The highest BCUT2D eigenvalue weighted by Gasteiger charge is 2.35. The number of hydrogen-bond donors (Lipinski definition) is 0. The van der Waals surface area contributed by atoms with Crippen LogP contribution in [0.5, 0.6) is 17.2 Å². The number of aromatic nitrogens is 1. The van der Waals surface area contributed by atoms with Gasteiger partial charge in [0.25, 0.3) is 5.56 Å². The number of carbonyl (C=O) groups is 1. The van der Waals surface area contributed by atoms with Gasteiger partial charge in [-0.2, -0.15) is 0 Å². The van der Waals surface area contributed by atoms with E-state index >= 15 is 0 Å². The number of fused-ring (bicyclic) bond motifs is 1. The second-order valence-corrected chi connectivity index (χ2v) is 14.0. The van der Waals surface area contributed by atoms with E-state index in [-0.39, 0.29) is 12.2 Å². The smallest absolute Gasteiger partial charge is 0.338 e. The summed E-state index contributed by atoms with van der Waals surface area (Å²) in [5.41, 5.74) is 3.73. The highest BCUT2D eigenvalue weighted by Crippen LogP contribution is 2.37. The van der Waals surface area contributed by atoms with Crippen molar-refractivity contribution in [3.63, 3.8) is 0 Å². The van der Waals surface area contributed by atoms with Crippen LogP contribution in [0.3, 0.4) is 0 Å². The van der Waals surface area contributed by atoms with Crippen LogP contribution in [0.1, 0.15) is 42.1 Å². The number of benzene rings is 4. The Labute approximate surface area is 309 Å². The maximum Gasteiger partial charge on any atom is 0.338 e. The van der Waals surface area contributed by atoms with Crippen LogP contribution in [0.4, 0.5) is 0 Å². The third-order valence-corrected chi connectivity index (χ3v) is 10.0. The predicted octanol–water partition coefficient (Wildman–Crippen LogP) is 7.29. The van der Waals surface area contributed by atoms with Gasteiger partial charge in [-0.1, -0.05) is 81.9 Å². The van der Waals surface area contributed by atoms with Crippen LogP contribution in [-0.4, -0.2) is 30.9 Å². The van der Waals surface area contributed by atoms with E-state index in [1.807, 2.05) is 104 Å². The number of ether oxygens (including phenoxy) is 4. The molecule has 0 bridgehead atoms. The van der Waals surface area contributed by atoms with Crippen molar-refractivity contribution in [2.75, 3.05) is 20.3 Å². The molecule has 0 N–H and O–H groups in total. The number of carbonyl (C=O) groups excluding carboxylic acids is 1. The Morgan fingerprint density at radius 1 is 0.980 bits per heavy atom. The Morgan fingerprint density at radius 3 is 2.39 bits per heavy atom. The van der Waals surface area contributed by atoms with Crippen molar-refractivity contribution in [3.8, 4) is 17.2 Å². The molecule has 0 amide bonds. The minimum Gasteiger partial charge on any atom is -0.494 e.